The predicted octanol–water partition coefficient (Wildman–Crippen LogP) is 2.94. The standard InChI is InChI=1S/C11H11ClN4O2/c1-7-3-4-8(2)15(7)14-11-10(16(17)18)5-9(12)6-13-11/h3-6H,1-2H3,(H,13,14). The van der Waals surface area contributed by atoms with E-state index in [1.165, 1.54) is 12.3 Å². The topological polar surface area (TPSA) is 73.0 Å². The second-order valence-electron chi connectivity index (χ2n) is 3.84. The smallest absolute Gasteiger partial charge is 0.272 e. The van der Waals surface area contributed by atoms with Gasteiger partial charge in [0.2, 0.25) is 5.82 Å². The Balaban J connectivity index is 2.43. The highest BCUT2D eigenvalue weighted by atomic mass is 35.5. The Kier molecular flexibility index (Phi) is 3.20. The maximum absolute atomic E-state index is 10.9. The predicted molar refractivity (Wildman–Crippen MR) is 68.8 cm³/mol. The van der Waals surface area contributed by atoms with Crippen LogP contribution in [0.15, 0.2) is 24.4 Å². The van der Waals surface area contributed by atoms with Crippen molar-refractivity contribution in [1.82, 2.24) is 9.66 Å². The quantitative estimate of drug-likeness (QED) is 0.685. The summed E-state index contributed by atoms with van der Waals surface area (Å²) in [5, 5.41) is 11.2. The van der Waals surface area contributed by atoms with Gasteiger partial charge in [0.05, 0.1) is 9.95 Å². The van der Waals surface area contributed by atoms with Crippen molar-refractivity contribution in [1.29, 1.82) is 0 Å². The lowest BCUT2D eigenvalue weighted by atomic mass is 10.4. The van der Waals surface area contributed by atoms with Crippen molar-refractivity contribution in [3.05, 3.63) is 50.9 Å². The minimum atomic E-state index is -0.518. The van der Waals surface area contributed by atoms with Crippen molar-refractivity contribution in [3.8, 4) is 0 Å². The highest BCUT2D eigenvalue weighted by Gasteiger charge is 2.17. The molecule has 2 aromatic heterocycles. The van der Waals surface area contributed by atoms with E-state index in [4.69, 9.17) is 11.6 Å². The van der Waals surface area contributed by atoms with Crippen LogP contribution in [0.25, 0.3) is 0 Å². The normalized spacial score (nSPS) is 10.4. The Labute approximate surface area is 108 Å². The van der Waals surface area contributed by atoms with Gasteiger partial charge in [-0.2, -0.15) is 0 Å². The first-order valence-corrected chi connectivity index (χ1v) is 5.59. The Hall–Kier alpha value is -2.08. The molecule has 0 fully saturated rings. The van der Waals surface area contributed by atoms with Crippen molar-refractivity contribution in [2.75, 3.05) is 5.43 Å². The number of aromatic nitrogens is 2. The van der Waals surface area contributed by atoms with Crippen molar-refractivity contribution in [2.45, 2.75) is 13.8 Å². The Morgan fingerprint density at radius 1 is 1.39 bits per heavy atom. The van der Waals surface area contributed by atoms with E-state index in [9.17, 15) is 10.1 Å². The summed E-state index contributed by atoms with van der Waals surface area (Å²) in [5.74, 6) is 0.159. The molecule has 0 aliphatic rings. The van der Waals surface area contributed by atoms with Crippen LogP contribution in [0.2, 0.25) is 5.02 Å². The molecule has 1 N–H and O–H groups in total. The highest BCUT2D eigenvalue weighted by Crippen LogP contribution is 2.25. The second kappa shape index (κ2) is 4.66. The number of rotatable bonds is 3. The van der Waals surface area contributed by atoms with Gasteiger partial charge in [0.25, 0.3) is 0 Å². The van der Waals surface area contributed by atoms with Gasteiger partial charge in [-0.05, 0) is 26.0 Å². The molecular weight excluding hydrogens is 256 g/mol. The summed E-state index contributed by atoms with van der Waals surface area (Å²) in [5.41, 5.74) is 4.60. The molecule has 0 aliphatic heterocycles. The van der Waals surface area contributed by atoms with Gasteiger partial charge in [-0.1, -0.05) is 11.6 Å². The number of hydrogen-bond donors (Lipinski definition) is 1. The zero-order valence-electron chi connectivity index (χ0n) is 9.85. The molecule has 2 aromatic rings. The van der Waals surface area contributed by atoms with E-state index in [0.717, 1.165) is 11.4 Å². The Morgan fingerprint density at radius 3 is 2.56 bits per heavy atom. The maximum atomic E-state index is 10.9. The molecule has 0 aliphatic carbocycles. The van der Waals surface area contributed by atoms with Crippen LogP contribution in [0, 0.1) is 24.0 Å². The molecular formula is C11H11ClN4O2. The average Bonchev–Trinajstić information content (AvgIpc) is 2.62. The molecule has 7 heteroatoms. The lowest BCUT2D eigenvalue weighted by molar-refractivity contribution is -0.384. The molecule has 6 nitrogen and oxygen atoms in total. The van der Waals surface area contributed by atoms with Crippen LogP contribution in [-0.4, -0.2) is 14.6 Å². The van der Waals surface area contributed by atoms with Crippen LogP contribution in [0.4, 0.5) is 11.5 Å². The summed E-state index contributed by atoms with van der Waals surface area (Å²) >= 11 is 5.70. The fraction of sp³-hybridized carbons (Fsp3) is 0.182. The lowest BCUT2D eigenvalue weighted by Crippen LogP contribution is -2.14. The number of hydrogen-bond acceptors (Lipinski definition) is 4. The van der Waals surface area contributed by atoms with Crippen LogP contribution in [-0.2, 0) is 0 Å². The van der Waals surface area contributed by atoms with Gasteiger partial charge in [0.1, 0.15) is 0 Å². The van der Waals surface area contributed by atoms with Gasteiger partial charge in [-0.25, -0.2) is 4.98 Å². The zero-order valence-corrected chi connectivity index (χ0v) is 10.6. The molecule has 0 amide bonds. The van der Waals surface area contributed by atoms with Gasteiger partial charge in [-0.15, -0.1) is 0 Å². The molecule has 18 heavy (non-hydrogen) atoms. The zero-order chi connectivity index (χ0) is 13.3. The minimum absolute atomic E-state index is 0.157. The average molecular weight is 267 g/mol. The fourth-order valence-electron chi connectivity index (χ4n) is 1.60. The van der Waals surface area contributed by atoms with E-state index in [2.05, 4.69) is 10.4 Å². The monoisotopic (exact) mass is 266 g/mol. The molecule has 0 radical (unpaired) electrons. The number of halogens is 1. The lowest BCUT2D eigenvalue weighted by Gasteiger charge is -2.11. The summed E-state index contributed by atoms with van der Waals surface area (Å²) in [6.45, 7) is 3.78. The molecule has 0 atom stereocenters. The summed E-state index contributed by atoms with van der Waals surface area (Å²) in [7, 11) is 0. The summed E-state index contributed by atoms with van der Waals surface area (Å²) in [6, 6.07) is 5.08. The second-order valence-corrected chi connectivity index (χ2v) is 4.28. The summed E-state index contributed by atoms with van der Waals surface area (Å²) in [6.07, 6.45) is 1.37. The molecule has 0 bridgehead atoms. The van der Waals surface area contributed by atoms with E-state index in [0.29, 0.717) is 0 Å². The molecule has 0 aromatic carbocycles. The minimum Gasteiger partial charge on any atom is -0.272 e. The van der Waals surface area contributed by atoms with Crippen LogP contribution in [0.1, 0.15) is 11.4 Å². The van der Waals surface area contributed by atoms with Gasteiger partial charge < -0.3 is 0 Å². The van der Waals surface area contributed by atoms with Crippen molar-refractivity contribution < 1.29 is 4.92 Å². The van der Waals surface area contributed by atoms with Gasteiger partial charge in [0, 0.05) is 23.7 Å². The van der Waals surface area contributed by atoms with E-state index in [1.54, 1.807) is 4.68 Å². The SMILES string of the molecule is Cc1ccc(C)n1Nc1ncc(Cl)cc1[N+](=O)[O-]. The van der Waals surface area contributed by atoms with E-state index >= 15 is 0 Å². The van der Waals surface area contributed by atoms with Gasteiger partial charge in [-0.3, -0.25) is 20.2 Å². The molecule has 2 heterocycles. The first-order valence-electron chi connectivity index (χ1n) is 5.21. The van der Waals surface area contributed by atoms with Crippen molar-refractivity contribution in [3.63, 3.8) is 0 Å². The Bertz CT molecular complexity index is 590. The van der Waals surface area contributed by atoms with Crippen molar-refractivity contribution >= 4 is 23.1 Å². The molecule has 0 saturated heterocycles. The molecule has 94 valence electrons. The number of nitrogens with one attached hydrogen (secondary N) is 1. The van der Waals surface area contributed by atoms with Gasteiger partial charge in [0.15, 0.2) is 0 Å². The van der Waals surface area contributed by atoms with Crippen LogP contribution < -0.4 is 5.43 Å². The van der Waals surface area contributed by atoms with Crippen LogP contribution in [0.5, 0.6) is 0 Å². The number of pyridine rings is 1. The third-order valence-corrected chi connectivity index (χ3v) is 2.73. The van der Waals surface area contributed by atoms with E-state index in [-0.39, 0.29) is 16.5 Å². The highest BCUT2D eigenvalue weighted by molar-refractivity contribution is 6.30. The molecule has 0 saturated carbocycles. The maximum Gasteiger partial charge on any atom is 0.314 e. The largest absolute Gasteiger partial charge is 0.314 e. The first kappa shape index (κ1) is 12.4. The van der Waals surface area contributed by atoms with Crippen LogP contribution in [0.3, 0.4) is 0 Å². The molecule has 0 spiro atoms. The van der Waals surface area contributed by atoms with Crippen molar-refractivity contribution in [2.24, 2.45) is 0 Å². The third kappa shape index (κ3) is 2.28. The number of nitro groups is 1. The van der Waals surface area contributed by atoms with E-state index < -0.39 is 4.92 Å². The molecule has 0 unspecified atom stereocenters. The number of anilines is 1. The summed E-state index contributed by atoms with van der Waals surface area (Å²) in [4.78, 5) is 14.4. The fourth-order valence-corrected chi connectivity index (χ4v) is 1.76. The molecule has 2 rings (SSSR count). The van der Waals surface area contributed by atoms with E-state index in [1.807, 2.05) is 26.0 Å². The van der Waals surface area contributed by atoms with Gasteiger partial charge >= 0.3 is 5.69 Å². The Morgan fingerprint density at radius 2 is 2.00 bits per heavy atom. The number of aryl methyl sites for hydroxylation is 2. The van der Waals surface area contributed by atoms with Crippen LogP contribution >= 0.6 is 11.6 Å². The summed E-state index contributed by atoms with van der Waals surface area (Å²) < 4.78 is 1.73. The first-order chi connectivity index (χ1) is 8.49. The number of nitrogens with zero attached hydrogens (tertiary/aromatic N) is 3. The third-order valence-electron chi connectivity index (χ3n) is 2.52.